The first-order valence-corrected chi connectivity index (χ1v) is 8.75. The van der Waals surface area contributed by atoms with Crippen molar-refractivity contribution in [1.82, 2.24) is 0 Å². The molecule has 2 rings (SSSR count). The standard InChI is InChI=1S/C15H14ClN3O4S/c16-14-6-3-12(9-15(14)19(20)21)10-18-8-7-11-1-4-13(5-2-11)24(17,22)23/h1-6,9-10H,7-8H2,(H2,17,22,23). The van der Waals surface area contributed by atoms with E-state index in [-0.39, 0.29) is 15.6 Å². The molecule has 9 heteroatoms. The van der Waals surface area contributed by atoms with Gasteiger partial charge in [-0.2, -0.15) is 0 Å². The Morgan fingerprint density at radius 2 is 1.88 bits per heavy atom. The lowest BCUT2D eigenvalue weighted by atomic mass is 10.1. The predicted molar refractivity (Wildman–Crippen MR) is 92.1 cm³/mol. The molecular formula is C15H14ClN3O4S. The van der Waals surface area contributed by atoms with E-state index in [2.05, 4.69) is 4.99 Å². The summed E-state index contributed by atoms with van der Waals surface area (Å²) in [5.41, 5.74) is 1.32. The Kier molecular flexibility index (Phi) is 5.66. The van der Waals surface area contributed by atoms with Crippen molar-refractivity contribution < 1.29 is 13.3 Å². The van der Waals surface area contributed by atoms with Crippen LogP contribution in [0.5, 0.6) is 0 Å². The summed E-state index contributed by atoms with van der Waals surface area (Å²) in [5.74, 6) is 0. The number of halogens is 1. The molecule has 2 N–H and O–H groups in total. The topological polar surface area (TPSA) is 116 Å². The lowest BCUT2D eigenvalue weighted by molar-refractivity contribution is -0.384. The van der Waals surface area contributed by atoms with Crippen LogP contribution in [0.25, 0.3) is 0 Å². The first kappa shape index (κ1) is 18.1. The fraction of sp³-hybridized carbons (Fsp3) is 0.133. The van der Waals surface area contributed by atoms with E-state index in [1.807, 2.05) is 0 Å². The summed E-state index contributed by atoms with van der Waals surface area (Å²) < 4.78 is 22.3. The molecule has 2 aromatic rings. The molecule has 0 aromatic heterocycles. The van der Waals surface area contributed by atoms with Crippen LogP contribution in [0.1, 0.15) is 11.1 Å². The number of nitro benzene ring substituents is 1. The third-order valence-corrected chi connectivity index (χ3v) is 4.44. The molecule has 0 saturated carbocycles. The quantitative estimate of drug-likeness (QED) is 0.479. The Hall–Kier alpha value is -2.29. The Balaban J connectivity index is 1.98. The summed E-state index contributed by atoms with van der Waals surface area (Å²) in [6.07, 6.45) is 2.12. The van der Waals surface area contributed by atoms with Crippen molar-refractivity contribution in [2.75, 3.05) is 6.54 Å². The van der Waals surface area contributed by atoms with Gasteiger partial charge in [-0.1, -0.05) is 29.8 Å². The van der Waals surface area contributed by atoms with Gasteiger partial charge in [-0.05, 0) is 35.7 Å². The summed E-state index contributed by atoms with van der Waals surface area (Å²) in [7, 11) is -3.69. The molecule has 0 bridgehead atoms. The Labute approximate surface area is 144 Å². The molecular weight excluding hydrogens is 354 g/mol. The highest BCUT2D eigenvalue weighted by molar-refractivity contribution is 7.89. The second kappa shape index (κ2) is 7.52. The summed E-state index contributed by atoms with van der Waals surface area (Å²) in [4.78, 5) is 14.5. The van der Waals surface area contributed by atoms with Gasteiger partial charge in [-0.15, -0.1) is 0 Å². The van der Waals surface area contributed by atoms with Gasteiger partial charge < -0.3 is 0 Å². The van der Waals surface area contributed by atoms with E-state index in [4.69, 9.17) is 16.7 Å². The number of benzene rings is 2. The largest absolute Gasteiger partial charge is 0.292 e. The smallest absolute Gasteiger partial charge is 0.288 e. The van der Waals surface area contributed by atoms with E-state index in [9.17, 15) is 18.5 Å². The van der Waals surface area contributed by atoms with Crippen LogP contribution in [0.4, 0.5) is 5.69 Å². The number of sulfonamides is 1. The summed E-state index contributed by atoms with van der Waals surface area (Å²) >= 11 is 5.74. The van der Waals surface area contributed by atoms with E-state index < -0.39 is 14.9 Å². The molecule has 0 saturated heterocycles. The van der Waals surface area contributed by atoms with Crippen LogP contribution < -0.4 is 5.14 Å². The highest BCUT2D eigenvalue weighted by atomic mass is 35.5. The monoisotopic (exact) mass is 367 g/mol. The minimum Gasteiger partial charge on any atom is -0.292 e. The van der Waals surface area contributed by atoms with Crippen molar-refractivity contribution in [2.45, 2.75) is 11.3 Å². The van der Waals surface area contributed by atoms with Crippen molar-refractivity contribution in [1.29, 1.82) is 0 Å². The van der Waals surface area contributed by atoms with Crippen LogP contribution in [0.2, 0.25) is 5.02 Å². The summed E-state index contributed by atoms with van der Waals surface area (Å²) in [6.45, 7) is 0.450. The second-order valence-electron chi connectivity index (χ2n) is 4.94. The number of aliphatic imine (C=N–C) groups is 1. The molecule has 7 nitrogen and oxygen atoms in total. The Bertz CT molecular complexity index is 880. The highest BCUT2D eigenvalue weighted by Gasteiger charge is 2.11. The van der Waals surface area contributed by atoms with Crippen LogP contribution in [0, 0.1) is 10.1 Å². The lowest BCUT2D eigenvalue weighted by Gasteiger charge is -2.01. The predicted octanol–water partition coefficient (Wildman–Crippen LogP) is 2.56. The number of primary sulfonamides is 1. The van der Waals surface area contributed by atoms with Crippen LogP contribution in [0.15, 0.2) is 52.4 Å². The van der Waals surface area contributed by atoms with Gasteiger partial charge in [0.2, 0.25) is 10.0 Å². The minimum absolute atomic E-state index is 0.0585. The average Bonchev–Trinajstić information content (AvgIpc) is 2.52. The summed E-state index contributed by atoms with van der Waals surface area (Å²) in [6, 6.07) is 10.7. The van der Waals surface area contributed by atoms with Gasteiger partial charge in [-0.25, -0.2) is 13.6 Å². The average molecular weight is 368 g/mol. The van der Waals surface area contributed by atoms with Crippen LogP contribution >= 0.6 is 11.6 Å². The molecule has 0 heterocycles. The van der Waals surface area contributed by atoms with E-state index in [1.54, 1.807) is 18.2 Å². The third-order valence-electron chi connectivity index (χ3n) is 3.19. The molecule has 24 heavy (non-hydrogen) atoms. The van der Waals surface area contributed by atoms with Crippen molar-refractivity contribution >= 4 is 33.5 Å². The first-order chi connectivity index (χ1) is 11.3. The maximum absolute atomic E-state index is 11.2. The number of rotatable bonds is 6. The van der Waals surface area contributed by atoms with Gasteiger partial charge in [0.15, 0.2) is 0 Å². The van der Waals surface area contributed by atoms with Crippen molar-refractivity contribution in [3.05, 3.63) is 68.7 Å². The zero-order valence-electron chi connectivity index (χ0n) is 12.4. The Morgan fingerprint density at radius 3 is 2.46 bits per heavy atom. The molecule has 0 unspecified atom stereocenters. The van der Waals surface area contributed by atoms with Gasteiger partial charge >= 0.3 is 0 Å². The second-order valence-corrected chi connectivity index (χ2v) is 6.91. The molecule has 0 aliphatic rings. The molecule has 0 fully saturated rings. The van der Waals surface area contributed by atoms with Gasteiger partial charge in [0.05, 0.1) is 9.82 Å². The normalized spacial score (nSPS) is 11.8. The van der Waals surface area contributed by atoms with Crippen LogP contribution in [-0.4, -0.2) is 26.1 Å². The molecule has 0 atom stereocenters. The number of hydrogen-bond donors (Lipinski definition) is 1. The van der Waals surface area contributed by atoms with E-state index in [0.29, 0.717) is 18.5 Å². The maximum Gasteiger partial charge on any atom is 0.288 e. The van der Waals surface area contributed by atoms with Crippen LogP contribution in [-0.2, 0) is 16.4 Å². The number of hydrogen-bond acceptors (Lipinski definition) is 5. The van der Waals surface area contributed by atoms with E-state index in [0.717, 1.165) is 5.56 Å². The number of nitro groups is 1. The lowest BCUT2D eigenvalue weighted by Crippen LogP contribution is -2.11. The zero-order chi connectivity index (χ0) is 17.7. The summed E-state index contributed by atoms with van der Waals surface area (Å²) in [5, 5.41) is 15.9. The van der Waals surface area contributed by atoms with Gasteiger partial charge in [-0.3, -0.25) is 15.1 Å². The number of nitrogens with zero attached hydrogens (tertiary/aromatic N) is 2. The molecule has 126 valence electrons. The minimum atomic E-state index is -3.69. The third kappa shape index (κ3) is 4.85. The SMILES string of the molecule is NS(=O)(=O)c1ccc(CCN=Cc2ccc(Cl)c([N+](=O)[O-])c2)cc1. The molecule has 0 radical (unpaired) electrons. The molecule has 0 amide bonds. The zero-order valence-corrected chi connectivity index (χ0v) is 14.0. The fourth-order valence-corrected chi connectivity index (χ4v) is 2.66. The maximum atomic E-state index is 11.2. The van der Waals surface area contributed by atoms with Crippen molar-refractivity contribution in [2.24, 2.45) is 10.1 Å². The molecule has 0 spiro atoms. The Morgan fingerprint density at radius 1 is 1.21 bits per heavy atom. The van der Waals surface area contributed by atoms with Gasteiger partial charge in [0, 0.05) is 18.8 Å². The fourth-order valence-electron chi connectivity index (χ4n) is 1.96. The first-order valence-electron chi connectivity index (χ1n) is 6.83. The van der Waals surface area contributed by atoms with E-state index >= 15 is 0 Å². The highest BCUT2D eigenvalue weighted by Crippen LogP contribution is 2.24. The van der Waals surface area contributed by atoms with Gasteiger partial charge in [0.25, 0.3) is 5.69 Å². The van der Waals surface area contributed by atoms with E-state index in [1.165, 1.54) is 30.5 Å². The van der Waals surface area contributed by atoms with Crippen LogP contribution in [0.3, 0.4) is 0 Å². The number of nitrogens with two attached hydrogens (primary N) is 1. The molecule has 2 aromatic carbocycles. The van der Waals surface area contributed by atoms with Crippen molar-refractivity contribution in [3.63, 3.8) is 0 Å². The van der Waals surface area contributed by atoms with Crippen molar-refractivity contribution in [3.8, 4) is 0 Å². The molecule has 0 aliphatic carbocycles. The molecule has 0 aliphatic heterocycles. The van der Waals surface area contributed by atoms with Gasteiger partial charge in [0.1, 0.15) is 5.02 Å².